The number of hydrogen-bond acceptors (Lipinski definition) is 5. The summed E-state index contributed by atoms with van der Waals surface area (Å²) in [5.41, 5.74) is -3.80. The zero-order chi connectivity index (χ0) is 14.4. The van der Waals surface area contributed by atoms with Crippen LogP contribution in [0.4, 0.5) is 4.39 Å². The lowest BCUT2D eigenvalue weighted by molar-refractivity contribution is -0.0612. The first-order valence-electron chi connectivity index (χ1n) is 5.43. The number of rotatable bonds is 2. The van der Waals surface area contributed by atoms with E-state index in [1.54, 1.807) is 0 Å². The Labute approximate surface area is 114 Å². The minimum absolute atomic E-state index is 0.0217. The Balaban J connectivity index is 2.51. The summed E-state index contributed by atoms with van der Waals surface area (Å²) in [6.07, 6.45) is -3.09. The van der Waals surface area contributed by atoms with E-state index < -0.39 is 42.0 Å². The molecule has 0 spiro atoms. The fraction of sp³-hybridized carbons (Fsp3) is 0.600. The van der Waals surface area contributed by atoms with E-state index in [9.17, 15) is 19.1 Å². The van der Waals surface area contributed by atoms with Gasteiger partial charge in [-0.1, -0.05) is 0 Å². The SMILES string of the molecule is C[C@@]1(F)[C@H](O)[C@@H](CO)O[C@H]1n1cc(Br)c(=O)[nH]c1=O. The number of aliphatic hydroxyl groups excluding tert-OH is 2. The predicted molar refractivity (Wildman–Crippen MR) is 65.5 cm³/mol. The molecule has 0 saturated carbocycles. The molecular formula is C10H12BrFN2O5. The maximum Gasteiger partial charge on any atom is 0.330 e. The van der Waals surface area contributed by atoms with Crippen molar-refractivity contribution >= 4 is 15.9 Å². The third kappa shape index (κ3) is 2.27. The van der Waals surface area contributed by atoms with Crippen LogP contribution in [0, 0.1) is 0 Å². The number of halogens is 2. The number of aromatic amines is 1. The van der Waals surface area contributed by atoms with E-state index in [-0.39, 0.29) is 4.47 Å². The average molecular weight is 339 g/mol. The fourth-order valence-corrected chi connectivity index (χ4v) is 2.32. The molecule has 0 unspecified atom stereocenters. The molecule has 9 heteroatoms. The second kappa shape index (κ2) is 4.82. The average Bonchev–Trinajstić information content (AvgIpc) is 2.56. The Morgan fingerprint density at radius 3 is 2.79 bits per heavy atom. The van der Waals surface area contributed by atoms with Gasteiger partial charge in [-0.15, -0.1) is 0 Å². The molecule has 4 atom stereocenters. The Bertz CT molecular complexity index is 598. The molecule has 19 heavy (non-hydrogen) atoms. The van der Waals surface area contributed by atoms with E-state index in [1.807, 2.05) is 4.98 Å². The molecule has 1 aromatic heterocycles. The molecule has 0 aliphatic carbocycles. The maximum atomic E-state index is 14.5. The summed E-state index contributed by atoms with van der Waals surface area (Å²) in [6, 6.07) is 0. The molecule has 2 heterocycles. The smallest absolute Gasteiger partial charge is 0.330 e. The third-order valence-electron chi connectivity index (χ3n) is 3.07. The lowest BCUT2D eigenvalue weighted by Gasteiger charge is -2.24. The molecule has 2 rings (SSSR count). The van der Waals surface area contributed by atoms with E-state index in [0.29, 0.717) is 0 Å². The van der Waals surface area contributed by atoms with Crippen LogP contribution < -0.4 is 11.2 Å². The van der Waals surface area contributed by atoms with Crippen molar-refractivity contribution in [1.29, 1.82) is 0 Å². The zero-order valence-electron chi connectivity index (χ0n) is 9.84. The Kier molecular flexibility index (Phi) is 3.65. The summed E-state index contributed by atoms with van der Waals surface area (Å²) in [7, 11) is 0. The van der Waals surface area contributed by atoms with Gasteiger partial charge in [0.25, 0.3) is 5.56 Å². The molecule has 106 valence electrons. The van der Waals surface area contributed by atoms with Crippen molar-refractivity contribution in [3.05, 3.63) is 31.5 Å². The van der Waals surface area contributed by atoms with Gasteiger partial charge >= 0.3 is 5.69 Å². The van der Waals surface area contributed by atoms with Crippen LogP contribution >= 0.6 is 15.9 Å². The van der Waals surface area contributed by atoms with Gasteiger partial charge in [0.1, 0.15) is 12.2 Å². The first kappa shape index (κ1) is 14.4. The van der Waals surface area contributed by atoms with E-state index in [0.717, 1.165) is 17.7 Å². The molecule has 0 radical (unpaired) electrons. The van der Waals surface area contributed by atoms with Crippen LogP contribution in [0.5, 0.6) is 0 Å². The molecule has 1 fully saturated rings. The molecule has 0 bridgehead atoms. The van der Waals surface area contributed by atoms with Gasteiger partial charge in [-0.05, 0) is 22.9 Å². The number of aromatic nitrogens is 2. The second-order valence-corrected chi connectivity index (χ2v) is 5.30. The van der Waals surface area contributed by atoms with E-state index in [4.69, 9.17) is 9.84 Å². The van der Waals surface area contributed by atoms with Gasteiger partial charge in [-0.25, -0.2) is 9.18 Å². The lowest BCUT2D eigenvalue weighted by atomic mass is 9.98. The molecular weight excluding hydrogens is 327 g/mol. The molecule has 0 aromatic carbocycles. The number of aliphatic hydroxyl groups is 2. The number of H-pyrrole nitrogens is 1. The number of ether oxygens (including phenoxy) is 1. The van der Waals surface area contributed by atoms with E-state index in [1.165, 1.54) is 0 Å². The van der Waals surface area contributed by atoms with Gasteiger partial charge in [0, 0.05) is 6.20 Å². The van der Waals surface area contributed by atoms with Crippen molar-refractivity contribution in [1.82, 2.24) is 9.55 Å². The van der Waals surface area contributed by atoms with Gasteiger partial charge < -0.3 is 14.9 Å². The van der Waals surface area contributed by atoms with Crippen LogP contribution in [0.3, 0.4) is 0 Å². The quantitative estimate of drug-likeness (QED) is 0.660. The van der Waals surface area contributed by atoms with Gasteiger partial charge in [-0.2, -0.15) is 0 Å². The highest BCUT2D eigenvalue weighted by molar-refractivity contribution is 9.10. The van der Waals surface area contributed by atoms with Crippen molar-refractivity contribution in [3.8, 4) is 0 Å². The van der Waals surface area contributed by atoms with Crippen LogP contribution in [-0.2, 0) is 4.74 Å². The maximum absolute atomic E-state index is 14.5. The van der Waals surface area contributed by atoms with Gasteiger partial charge in [0.15, 0.2) is 11.9 Å². The highest BCUT2D eigenvalue weighted by Gasteiger charge is 2.55. The number of nitrogens with one attached hydrogen (secondary N) is 1. The lowest BCUT2D eigenvalue weighted by Crippen LogP contribution is -2.43. The van der Waals surface area contributed by atoms with Crippen LogP contribution in [0.2, 0.25) is 0 Å². The van der Waals surface area contributed by atoms with Gasteiger partial charge in [0.05, 0.1) is 11.1 Å². The summed E-state index contributed by atoms with van der Waals surface area (Å²) in [5.74, 6) is 0. The largest absolute Gasteiger partial charge is 0.394 e. The topological polar surface area (TPSA) is 105 Å². The number of nitrogens with zero attached hydrogens (tertiary/aromatic N) is 1. The molecule has 7 nitrogen and oxygen atoms in total. The Morgan fingerprint density at radius 1 is 1.63 bits per heavy atom. The first-order chi connectivity index (χ1) is 8.78. The van der Waals surface area contributed by atoms with Crippen LogP contribution in [0.25, 0.3) is 0 Å². The zero-order valence-corrected chi connectivity index (χ0v) is 11.4. The monoisotopic (exact) mass is 338 g/mol. The van der Waals surface area contributed by atoms with Crippen LogP contribution in [0.15, 0.2) is 20.3 Å². The molecule has 1 aromatic rings. The number of hydrogen-bond donors (Lipinski definition) is 3. The van der Waals surface area contributed by atoms with Crippen molar-refractivity contribution in [2.45, 2.75) is 31.0 Å². The highest BCUT2D eigenvalue weighted by atomic mass is 79.9. The predicted octanol–water partition coefficient (Wildman–Crippen LogP) is -0.722. The summed E-state index contributed by atoms with van der Waals surface area (Å²) >= 11 is 2.92. The fourth-order valence-electron chi connectivity index (χ4n) is 2.00. The van der Waals surface area contributed by atoms with Crippen molar-refractivity contribution in [2.75, 3.05) is 6.61 Å². The first-order valence-corrected chi connectivity index (χ1v) is 6.22. The normalized spacial score (nSPS) is 34.7. The van der Waals surface area contributed by atoms with Crippen LogP contribution in [-0.4, -0.2) is 44.2 Å². The van der Waals surface area contributed by atoms with Crippen molar-refractivity contribution in [2.24, 2.45) is 0 Å². The Hall–Kier alpha value is -1.03. The van der Waals surface area contributed by atoms with Crippen molar-refractivity contribution in [3.63, 3.8) is 0 Å². The molecule has 0 amide bonds. The second-order valence-electron chi connectivity index (χ2n) is 4.45. The molecule has 1 aliphatic heterocycles. The minimum Gasteiger partial charge on any atom is -0.394 e. The molecule has 1 aliphatic rings. The Morgan fingerprint density at radius 2 is 2.26 bits per heavy atom. The summed E-state index contributed by atoms with van der Waals surface area (Å²) in [4.78, 5) is 24.9. The summed E-state index contributed by atoms with van der Waals surface area (Å²) < 4.78 is 20.4. The van der Waals surface area contributed by atoms with E-state index in [2.05, 4.69) is 15.9 Å². The third-order valence-corrected chi connectivity index (χ3v) is 3.64. The standard InChI is InChI=1S/C10H12BrFN2O5/c1-10(12)6(16)5(3-15)19-8(10)14-2-4(11)7(17)13-9(14)18/h2,5-6,8,15-16H,3H2,1H3,(H,13,17,18)/t5-,6-,8-,10-/m1/s1. The van der Waals surface area contributed by atoms with Crippen LogP contribution in [0.1, 0.15) is 13.2 Å². The highest BCUT2D eigenvalue weighted by Crippen LogP contribution is 2.40. The van der Waals surface area contributed by atoms with Gasteiger partial charge in [0.2, 0.25) is 0 Å². The minimum atomic E-state index is -2.28. The van der Waals surface area contributed by atoms with E-state index >= 15 is 0 Å². The molecule has 1 saturated heterocycles. The molecule has 3 N–H and O–H groups in total. The summed E-state index contributed by atoms with van der Waals surface area (Å²) in [5, 5.41) is 18.7. The number of alkyl halides is 1. The summed E-state index contributed by atoms with van der Waals surface area (Å²) in [6.45, 7) is 0.472. The van der Waals surface area contributed by atoms with Crippen molar-refractivity contribution < 1.29 is 19.3 Å². The van der Waals surface area contributed by atoms with Gasteiger partial charge in [-0.3, -0.25) is 14.3 Å².